The number of carbonyl (C=O) groups excluding carboxylic acids is 7. The zero-order valence-electron chi connectivity index (χ0n) is 38.6. The Hall–Kier alpha value is -7.00. The number of nitrogens with zero attached hydrogens (tertiary/aromatic N) is 3. The summed E-state index contributed by atoms with van der Waals surface area (Å²) < 4.78 is 1.62. The summed E-state index contributed by atoms with van der Waals surface area (Å²) in [6, 6.07) is -3.23. The second kappa shape index (κ2) is 21.1. The lowest BCUT2D eigenvalue weighted by atomic mass is 9.81. The average molecular weight is 930 g/mol. The van der Waals surface area contributed by atoms with Crippen LogP contribution < -0.4 is 48.7 Å². The molecule has 3 aromatic rings. The van der Waals surface area contributed by atoms with Crippen LogP contribution in [0.5, 0.6) is 0 Å². The van der Waals surface area contributed by atoms with Crippen molar-refractivity contribution in [2.45, 2.75) is 135 Å². The van der Waals surface area contributed by atoms with E-state index in [2.05, 4.69) is 52.2 Å². The number of hydrogen-bond acceptors (Lipinski definition) is 10. The summed E-state index contributed by atoms with van der Waals surface area (Å²) in [4.78, 5) is 123. The van der Waals surface area contributed by atoms with Crippen molar-refractivity contribution in [2.24, 2.45) is 34.2 Å². The quantitative estimate of drug-likeness (QED) is 0.0489. The number of amides is 7. The van der Waals surface area contributed by atoms with Gasteiger partial charge >= 0.3 is 5.97 Å². The van der Waals surface area contributed by atoms with Crippen molar-refractivity contribution in [3.8, 4) is 5.82 Å². The molecule has 0 spiro atoms. The Morgan fingerprint density at radius 2 is 1.57 bits per heavy atom. The van der Waals surface area contributed by atoms with Gasteiger partial charge in [0.1, 0.15) is 54.4 Å². The van der Waals surface area contributed by atoms with Crippen molar-refractivity contribution < 1.29 is 43.5 Å². The third-order valence-electron chi connectivity index (χ3n) is 12.4. The van der Waals surface area contributed by atoms with Crippen LogP contribution in [-0.2, 0) is 51.2 Å². The summed E-state index contributed by atoms with van der Waals surface area (Å²) >= 11 is 0. The van der Waals surface area contributed by atoms with Crippen LogP contribution in [0.1, 0.15) is 96.4 Å². The zero-order chi connectivity index (χ0) is 48.9. The third kappa shape index (κ3) is 11.9. The Labute approximate surface area is 387 Å². The van der Waals surface area contributed by atoms with Crippen molar-refractivity contribution in [2.75, 3.05) is 6.54 Å². The van der Waals surface area contributed by atoms with Gasteiger partial charge in [-0.3, -0.25) is 43.1 Å². The fraction of sp³-hybridized carbons (Fsp3) is 0.556. The minimum absolute atomic E-state index is 0.0154. The minimum Gasteiger partial charge on any atom is -0.480 e. The number of aromatic nitrogens is 3. The Morgan fingerprint density at radius 3 is 2.21 bits per heavy atom. The van der Waals surface area contributed by atoms with Crippen LogP contribution in [0.2, 0.25) is 0 Å². The third-order valence-corrected chi connectivity index (χ3v) is 12.4. The molecule has 0 radical (unpaired) electrons. The lowest BCUT2D eigenvalue weighted by Crippen LogP contribution is -2.61. The smallest absolute Gasteiger partial charge is 0.326 e. The van der Waals surface area contributed by atoms with Crippen molar-refractivity contribution in [3.63, 3.8) is 0 Å². The van der Waals surface area contributed by atoms with Gasteiger partial charge in [-0.25, -0.2) is 9.78 Å². The van der Waals surface area contributed by atoms with Gasteiger partial charge in [0, 0.05) is 54.4 Å². The highest BCUT2D eigenvalue weighted by atomic mass is 16.4. The summed E-state index contributed by atoms with van der Waals surface area (Å²) in [7, 11) is 0. The van der Waals surface area contributed by atoms with Crippen LogP contribution in [0.15, 0.2) is 35.7 Å². The number of H-pyrrole nitrogens is 1. The van der Waals surface area contributed by atoms with Crippen LogP contribution >= 0.6 is 0 Å². The highest BCUT2D eigenvalue weighted by molar-refractivity contribution is 5.99. The first-order valence-corrected chi connectivity index (χ1v) is 22.8. The Morgan fingerprint density at radius 1 is 0.851 bits per heavy atom. The van der Waals surface area contributed by atoms with Gasteiger partial charge in [-0.15, -0.1) is 0 Å². The SMILES string of the molecule is CC(C)CC1NC(=O)C(NC(=O)C2CCC(=O)N2)C(C(C)C)c2ccc3c4c([nH]c3c2)-n2cnc(c2)CC(C(=O)O)NC(=O)C(CCCN=C(N)N)NC(=O)C(C4)NC(=O)C(C(C)C)NC1=O. The molecule has 1 fully saturated rings. The van der Waals surface area contributed by atoms with E-state index in [1.807, 2.05) is 45.9 Å². The molecule has 8 unspecified atom stereocenters. The number of benzene rings is 1. The topological polar surface area (TPSA) is 339 Å². The predicted octanol–water partition coefficient (Wildman–Crippen LogP) is -0.767. The van der Waals surface area contributed by atoms with Gasteiger partial charge in [0.2, 0.25) is 41.4 Å². The molecule has 1 saturated heterocycles. The first kappa shape index (κ1) is 49.4. The molecule has 22 heteroatoms. The van der Waals surface area contributed by atoms with E-state index in [1.165, 1.54) is 6.33 Å². The minimum atomic E-state index is -1.45. The predicted molar refractivity (Wildman–Crippen MR) is 245 cm³/mol. The van der Waals surface area contributed by atoms with Crippen molar-refractivity contribution >= 4 is 64.2 Å². The van der Waals surface area contributed by atoms with Crippen LogP contribution in [-0.4, -0.2) is 122 Å². The molecule has 0 saturated carbocycles. The monoisotopic (exact) mass is 929 g/mol. The molecule has 2 aromatic heterocycles. The number of aliphatic carboxylic acids is 1. The molecule has 1 aromatic carbocycles. The maximum atomic E-state index is 14.7. The number of aliphatic imine (C=N–C) groups is 1. The summed E-state index contributed by atoms with van der Waals surface area (Å²) in [5, 5.41) is 30.3. The number of nitrogens with one attached hydrogen (secondary N) is 8. The van der Waals surface area contributed by atoms with Gasteiger partial charge in [-0.2, -0.15) is 0 Å². The number of carboxylic acids is 1. The normalized spacial score (nSPS) is 25.3. The average Bonchev–Trinajstić information content (AvgIpc) is 4.00. The number of imidazole rings is 1. The van der Waals surface area contributed by atoms with E-state index < -0.39 is 95.5 Å². The van der Waals surface area contributed by atoms with Gasteiger partial charge in [0.05, 0.1) is 5.69 Å². The number of hydrogen-bond donors (Lipinski definition) is 11. The Kier molecular flexibility index (Phi) is 15.6. The standard InChI is InChI=1S/C45H63N13O9/c1-20(2)14-30-41(63)56-35(22(5)6)42(64)54-31-17-26-25-10-9-23(34(21(3)4)36(43(65)53-30)57-39(61)28-11-12-33(59)50-28)15-29(25)51-37(26)58-18-24(49-19-58)16-32(44(66)67)55-38(60)27(52-40(31)62)8-7-13-48-45(46)47/h9-10,15,18-22,27-28,30-32,34-36,51H,7-8,11-14,16-17H2,1-6H3,(H,50,59)(H,52,62)(H,53,65)(H,54,64)(H,55,60)(H,56,63)(H,57,61)(H,66,67)(H4,46,47,48). The molecule has 13 N–H and O–H groups in total. The van der Waals surface area contributed by atoms with Gasteiger partial charge in [0.25, 0.3) is 0 Å². The highest BCUT2D eigenvalue weighted by Gasteiger charge is 2.40. The molecule has 67 heavy (non-hydrogen) atoms. The second-order valence-corrected chi connectivity index (χ2v) is 18.7. The van der Waals surface area contributed by atoms with E-state index in [0.29, 0.717) is 33.5 Å². The molecule has 7 bridgehead atoms. The number of carbonyl (C=O) groups is 8. The number of fused-ring (bicyclic) bond motifs is 13. The lowest BCUT2D eigenvalue weighted by molar-refractivity contribution is -0.142. The van der Waals surface area contributed by atoms with Crippen molar-refractivity contribution in [1.82, 2.24) is 51.8 Å². The highest BCUT2D eigenvalue weighted by Crippen LogP contribution is 2.35. The summed E-state index contributed by atoms with van der Waals surface area (Å²) in [6.07, 6.45) is 3.43. The van der Waals surface area contributed by atoms with Crippen LogP contribution in [0, 0.1) is 17.8 Å². The molecule has 0 aliphatic carbocycles. The fourth-order valence-electron chi connectivity index (χ4n) is 8.98. The molecule has 8 atom stereocenters. The van der Waals surface area contributed by atoms with Crippen molar-refractivity contribution in [3.05, 3.63) is 47.5 Å². The molecule has 6 heterocycles. The fourth-order valence-corrected chi connectivity index (χ4v) is 8.98. The largest absolute Gasteiger partial charge is 0.480 e. The van der Waals surface area contributed by atoms with Gasteiger partial charge < -0.3 is 58.8 Å². The number of rotatable bonds is 11. The van der Waals surface area contributed by atoms with Gasteiger partial charge in [-0.05, 0) is 55.1 Å². The first-order chi connectivity index (χ1) is 31.7. The van der Waals surface area contributed by atoms with Crippen LogP contribution in [0.4, 0.5) is 0 Å². The van der Waals surface area contributed by atoms with Crippen LogP contribution in [0.25, 0.3) is 16.7 Å². The summed E-state index contributed by atoms with van der Waals surface area (Å²) in [5.41, 5.74) is 13.0. The number of guanidine groups is 1. The molecule has 22 nitrogen and oxygen atoms in total. The molecule has 4 aliphatic heterocycles. The number of carboxylic acid groups (broad SMARTS) is 1. The lowest BCUT2D eigenvalue weighted by Gasteiger charge is -2.33. The van der Waals surface area contributed by atoms with E-state index >= 15 is 0 Å². The molecule has 362 valence electrons. The molecule has 4 aliphatic rings. The molecular formula is C45H63N13O9. The van der Waals surface area contributed by atoms with E-state index in [-0.39, 0.29) is 75.2 Å². The van der Waals surface area contributed by atoms with E-state index in [1.54, 1.807) is 24.6 Å². The van der Waals surface area contributed by atoms with Gasteiger partial charge in [-0.1, -0.05) is 53.7 Å². The molecular weight excluding hydrogens is 867 g/mol. The zero-order valence-corrected chi connectivity index (χ0v) is 38.6. The van der Waals surface area contributed by atoms with Gasteiger partial charge in [0.15, 0.2) is 5.96 Å². The maximum absolute atomic E-state index is 14.7. The Bertz CT molecular complexity index is 2420. The number of aromatic amines is 1. The first-order valence-electron chi connectivity index (χ1n) is 22.8. The van der Waals surface area contributed by atoms with E-state index in [0.717, 1.165) is 0 Å². The van der Waals surface area contributed by atoms with Crippen LogP contribution in [0.3, 0.4) is 0 Å². The molecule has 7 amide bonds. The summed E-state index contributed by atoms with van der Waals surface area (Å²) in [6.45, 7) is 11.0. The second-order valence-electron chi connectivity index (χ2n) is 18.7. The van der Waals surface area contributed by atoms with Crippen molar-refractivity contribution in [1.29, 1.82) is 0 Å². The number of nitrogens with two attached hydrogens (primary N) is 2. The van der Waals surface area contributed by atoms with E-state index in [9.17, 15) is 43.5 Å². The Balaban J connectivity index is 1.55. The maximum Gasteiger partial charge on any atom is 0.326 e. The summed E-state index contributed by atoms with van der Waals surface area (Å²) in [5.74, 6) is -7.25. The molecule has 7 rings (SSSR count). The van der Waals surface area contributed by atoms with E-state index in [4.69, 9.17) is 11.5 Å².